The Morgan fingerprint density at radius 1 is 1.54 bits per heavy atom. The van der Waals surface area contributed by atoms with Crippen LogP contribution < -0.4 is 4.74 Å². The van der Waals surface area contributed by atoms with E-state index in [0.717, 1.165) is 18.4 Å². The number of phenolic OH excluding ortho intramolecular Hbond substituents is 1. The molecule has 0 aliphatic carbocycles. The maximum absolute atomic E-state index is 9.44. The molecule has 2 nitrogen and oxygen atoms in total. The van der Waals surface area contributed by atoms with Crippen LogP contribution in [0.4, 0.5) is 0 Å². The van der Waals surface area contributed by atoms with Crippen molar-refractivity contribution in [2.75, 3.05) is 7.11 Å². The van der Waals surface area contributed by atoms with Crippen LogP contribution in [0.15, 0.2) is 30.9 Å². The van der Waals surface area contributed by atoms with Crippen molar-refractivity contribution in [1.29, 1.82) is 0 Å². The van der Waals surface area contributed by atoms with Crippen LogP contribution in [-0.4, -0.2) is 12.2 Å². The average molecular weight is 178 g/mol. The molecule has 0 atom stereocenters. The molecule has 0 fully saturated rings. The smallest absolute Gasteiger partial charge is 0.160 e. The Bertz CT molecular complexity index is 292. The van der Waals surface area contributed by atoms with E-state index in [0.29, 0.717) is 5.75 Å². The van der Waals surface area contributed by atoms with Crippen molar-refractivity contribution in [3.05, 3.63) is 36.4 Å². The van der Waals surface area contributed by atoms with Crippen LogP contribution in [0.25, 0.3) is 0 Å². The summed E-state index contributed by atoms with van der Waals surface area (Å²) in [6.45, 7) is 3.64. The van der Waals surface area contributed by atoms with E-state index in [1.165, 1.54) is 0 Å². The molecule has 1 N–H and O–H groups in total. The van der Waals surface area contributed by atoms with Gasteiger partial charge in [0, 0.05) is 0 Å². The molecular formula is C11H14O2. The first-order valence-corrected chi connectivity index (χ1v) is 4.24. The zero-order valence-corrected chi connectivity index (χ0v) is 7.79. The van der Waals surface area contributed by atoms with E-state index < -0.39 is 0 Å². The molecule has 2 heteroatoms. The van der Waals surface area contributed by atoms with Gasteiger partial charge in [-0.2, -0.15) is 0 Å². The number of hydrogen-bond acceptors (Lipinski definition) is 2. The van der Waals surface area contributed by atoms with Crippen LogP contribution in [0.2, 0.25) is 0 Å². The summed E-state index contributed by atoms with van der Waals surface area (Å²) in [4.78, 5) is 0. The summed E-state index contributed by atoms with van der Waals surface area (Å²) in [5, 5.41) is 9.44. The SMILES string of the molecule is C=CCCc1ccc(OC)c(O)c1. The molecule has 0 aliphatic rings. The first-order valence-electron chi connectivity index (χ1n) is 4.24. The van der Waals surface area contributed by atoms with Gasteiger partial charge in [0.25, 0.3) is 0 Å². The Labute approximate surface area is 78.5 Å². The largest absolute Gasteiger partial charge is 0.504 e. The predicted octanol–water partition coefficient (Wildman–Crippen LogP) is 2.52. The molecule has 13 heavy (non-hydrogen) atoms. The second kappa shape index (κ2) is 4.55. The van der Waals surface area contributed by atoms with Gasteiger partial charge in [-0.25, -0.2) is 0 Å². The van der Waals surface area contributed by atoms with Gasteiger partial charge in [-0.1, -0.05) is 12.1 Å². The average Bonchev–Trinajstić information content (AvgIpc) is 2.15. The number of aryl methyl sites for hydroxylation is 1. The van der Waals surface area contributed by atoms with Crippen LogP contribution in [-0.2, 0) is 6.42 Å². The van der Waals surface area contributed by atoms with Gasteiger partial charge >= 0.3 is 0 Å². The van der Waals surface area contributed by atoms with Gasteiger partial charge in [-0.05, 0) is 30.5 Å². The van der Waals surface area contributed by atoms with Crippen LogP contribution in [0.5, 0.6) is 11.5 Å². The topological polar surface area (TPSA) is 29.5 Å². The van der Waals surface area contributed by atoms with E-state index in [9.17, 15) is 5.11 Å². The molecule has 0 amide bonds. The van der Waals surface area contributed by atoms with Gasteiger partial charge in [-0.3, -0.25) is 0 Å². The van der Waals surface area contributed by atoms with Crippen molar-refractivity contribution in [2.45, 2.75) is 12.8 Å². The fraction of sp³-hybridized carbons (Fsp3) is 0.273. The molecule has 0 bridgehead atoms. The number of phenols is 1. The number of allylic oxidation sites excluding steroid dienone is 1. The molecule has 0 radical (unpaired) electrons. The highest BCUT2D eigenvalue weighted by atomic mass is 16.5. The van der Waals surface area contributed by atoms with Crippen molar-refractivity contribution < 1.29 is 9.84 Å². The predicted molar refractivity (Wildman–Crippen MR) is 53.2 cm³/mol. The summed E-state index contributed by atoms with van der Waals surface area (Å²) in [6, 6.07) is 5.44. The lowest BCUT2D eigenvalue weighted by molar-refractivity contribution is 0.373. The van der Waals surface area contributed by atoms with Gasteiger partial charge in [0.1, 0.15) is 0 Å². The van der Waals surface area contributed by atoms with Gasteiger partial charge in [0.15, 0.2) is 11.5 Å². The molecule has 0 heterocycles. The molecule has 1 aromatic rings. The molecular weight excluding hydrogens is 164 g/mol. The summed E-state index contributed by atoms with van der Waals surface area (Å²) < 4.78 is 4.93. The van der Waals surface area contributed by atoms with E-state index in [1.54, 1.807) is 19.2 Å². The monoisotopic (exact) mass is 178 g/mol. The second-order valence-electron chi connectivity index (χ2n) is 2.83. The molecule has 0 saturated heterocycles. The lowest BCUT2D eigenvalue weighted by atomic mass is 10.1. The van der Waals surface area contributed by atoms with E-state index in [2.05, 4.69) is 6.58 Å². The normalized spacial score (nSPS) is 9.62. The Kier molecular flexibility index (Phi) is 3.38. The molecule has 0 spiro atoms. The number of rotatable bonds is 4. The Morgan fingerprint density at radius 3 is 2.85 bits per heavy atom. The van der Waals surface area contributed by atoms with E-state index in [4.69, 9.17) is 4.74 Å². The fourth-order valence-corrected chi connectivity index (χ4v) is 1.16. The van der Waals surface area contributed by atoms with Gasteiger partial charge in [0.2, 0.25) is 0 Å². The van der Waals surface area contributed by atoms with Crippen LogP contribution in [0, 0.1) is 0 Å². The molecule has 0 aromatic heterocycles. The molecule has 1 rings (SSSR count). The van der Waals surface area contributed by atoms with Crippen molar-refractivity contribution >= 4 is 0 Å². The van der Waals surface area contributed by atoms with Gasteiger partial charge in [0.05, 0.1) is 7.11 Å². The minimum atomic E-state index is 0.198. The quantitative estimate of drug-likeness (QED) is 0.718. The lowest BCUT2D eigenvalue weighted by Gasteiger charge is -2.04. The standard InChI is InChI=1S/C11H14O2/c1-3-4-5-9-6-7-11(13-2)10(12)8-9/h3,6-8,12H,1,4-5H2,2H3. The second-order valence-corrected chi connectivity index (χ2v) is 2.83. The van der Waals surface area contributed by atoms with E-state index in [1.807, 2.05) is 12.1 Å². The molecule has 0 aliphatic heterocycles. The third kappa shape index (κ3) is 2.51. The van der Waals surface area contributed by atoms with Gasteiger partial charge < -0.3 is 9.84 Å². The summed E-state index contributed by atoms with van der Waals surface area (Å²) in [6.07, 6.45) is 3.69. The maximum Gasteiger partial charge on any atom is 0.160 e. The fourth-order valence-electron chi connectivity index (χ4n) is 1.16. The number of hydrogen-bond donors (Lipinski definition) is 1. The van der Waals surface area contributed by atoms with E-state index >= 15 is 0 Å². The van der Waals surface area contributed by atoms with Gasteiger partial charge in [-0.15, -0.1) is 6.58 Å². The summed E-state index contributed by atoms with van der Waals surface area (Å²) in [5.74, 6) is 0.714. The third-order valence-electron chi connectivity index (χ3n) is 1.88. The molecule has 70 valence electrons. The third-order valence-corrected chi connectivity index (χ3v) is 1.88. The minimum Gasteiger partial charge on any atom is -0.504 e. The van der Waals surface area contributed by atoms with Crippen molar-refractivity contribution in [1.82, 2.24) is 0 Å². The highest BCUT2D eigenvalue weighted by Gasteiger charge is 2.00. The Balaban J connectivity index is 2.76. The Morgan fingerprint density at radius 2 is 2.31 bits per heavy atom. The van der Waals surface area contributed by atoms with Crippen LogP contribution >= 0.6 is 0 Å². The summed E-state index contributed by atoms with van der Waals surface area (Å²) in [5.41, 5.74) is 1.10. The zero-order valence-electron chi connectivity index (χ0n) is 7.79. The first-order chi connectivity index (χ1) is 6.27. The molecule has 1 aromatic carbocycles. The number of methoxy groups -OCH3 is 1. The van der Waals surface area contributed by atoms with Crippen LogP contribution in [0.3, 0.4) is 0 Å². The lowest BCUT2D eigenvalue weighted by Crippen LogP contribution is -1.87. The number of ether oxygens (including phenoxy) is 1. The molecule has 0 unspecified atom stereocenters. The highest BCUT2D eigenvalue weighted by molar-refractivity contribution is 5.41. The first kappa shape index (κ1) is 9.65. The summed E-state index contributed by atoms with van der Waals surface area (Å²) >= 11 is 0. The maximum atomic E-state index is 9.44. The molecule has 0 saturated carbocycles. The summed E-state index contributed by atoms with van der Waals surface area (Å²) in [7, 11) is 1.54. The van der Waals surface area contributed by atoms with Crippen molar-refractivity contribution in [2.24, 2.45) is 0 Å². The van der Waals surface area contributed by atoms with E-state index in [-0.39, 0.29) is 5.75 Å². The van der Waals surface area contributed by atoms with Crippen molar-refractivity contribution in [3.63, 3.8) is 0 Å². The minimum absolute atomic E-state index is 0.198. The highest BCUT2D eigenvalue weighted by Crippen LogP contribution is 2.26. The Hall–Kier alpha value is -1.44. The van der Waals surface area contributed by atoms with Crippen LogP contribution in [0.1, 0.15) is 12.0 Å². The number of aromatic hydroxyl groups is 1. The zero-order chi connectivity index (χ0) is 9.68. The number of benzene rings is 1. The van der Waals surface area contributed by atoms with Crippen molar-refractivity contribution in [3.8, 4) is 11.5 Å².